The lowest BCUT2D eigenvalue weighted by molar-refractivity contribution is 0.0410. The molecule has 0 atom stereocenters. The molecule has 0 bridgehead atoms. The Kier molecular flexibility index (Phi) is 4.74. The van der Waals surface area contributed by atoms with Crippen molar-refractivity contribution >= 4 is 6.03 Å². The van der Waals surface area contributed by atoms with E-state index in [1.807, 2.05) is 16.0 Å². The van der Waals surface area contributed by atoms with Crippen LogP contribution in [0.4, 0.5) is 4.79 Å². The minimum absolute atomic E-state index is 0.189. The van der Waals surface area contributed by atoms with Gasteiger partial charge >= 0.3 is 6.03 Å². The van der Waals surface area contributed by atoms with E-state index >= 15 is 0 Å². The lowest BCUT2D eigenvalue weighted by Gasteiger charge is -2.37. The normalized spacial score (nSPS) is 23.3. The van der Waals surface area contributed by atoms with Gasteiger partial charge in [-0.25, -0.2) is 9.78 Å². The SMILES string of the molecule is O=C(N1CCOCC1)N1CCC(c2nccn2CC2CCC2)CC1. The summed E-state index contributed by atoms with van der Waals surface area (Å²) in [7, 11) is 0. The number of carbonyl (C=O) groups excluding carboxylic acids is 1. The highest BCUT2D eigenvalue weighted by molar-refractivity contribution is 5.74. The molecule has 24 heavy (non-hydrogen) atoms. The Morgan fingerprint density at radius 1 is 1.08 bits per heavy atom. The van der Waals surface area contributed by atoms with Gasteiger partial charge in [0, 0.05) is 51.0 Å². The van der Waals surface area contributed by atoms with Crippen molar-refractivity contribution in [3.8, 4) is 0 Å². The monoisotopic (exact) mass is 332 g/mol. The second-order valence-corrected chi connectivity index (χ2v) is 7.38. The number of morpholine rings is 1. The first kappa shape index (κ1) is 15.9. The zero-order valence-corrected chi connectivity index (χ0v) is 14.4. The van der Waals surface area contributed by atoms with Crippen LogP contribution in [-0.4, -0.2) is 64.8 Å². The molecule has 3 aliphatic rings. The first-order chi connectivity index (χ1) is 11.8. The molecule has 132 valence electrons. The summed E-state index contributed by atoms with van der Waals surface area (Å²) >= 11 is 0. The molecule has 2 aliphatic heterocycles. The molecule has 0 spiro atoms. The lowest BCUT2D eigenvalue weighted by Crippen LogP contribution is -2.50. The van der Waals surface area contributed by atoms with Crippen LogP contribution in [0.5, 0.6) is 0 Å². The molecular formula is C18H28N4O2. The average molecular weight is 332 g/mol. The third kappa shape index (κ3) is 3.29. The molecule has 3 heterocycles. The Labute approximate surface area is 143 Å². The summed E-state index contributed by atoms with van der Waals surface area (Å²) in [6.07, 6.45) is 10.2. The first-order valence-corrected chi connectivity index (χ1v) is 9.44. The number of hydrogen-bond acceptors (Lipinski definition) is 3. The largest absolute Gasteiger partial charge is 0.378 e. The zero-order valence-electron chi connectivity index (χ0n) is 14.4. The molecule has 2 saturated heterocycles. The van der Waals surface area contributed by atoms with Crippen molar-refractivity contribution in [2.24, 2.45) is 5.92 Å². The van der Waals surface area contributed by atoms with E-state index in [4.69, 9.17) is 4.74 Å². The van der Waals surface area contributed by atoms with Gasteiger partial charge < -0.3 is 19.1 Å². The molecule has 0 aromatic carbocycles. The Hall–Kier alpha value is -1.56. The number of urea groups is 1. The second kappa shape index (κ2) is 7.13. The van der Waals surface area contributed by atoms with Gasteiger partial charge in [-0.05, 0) is 31.6 Å². The van der Waals surface area contributed by atoms with Crippen LogP contribution in [0.2, 0.25) is 0 Å². The molecule has 4 rings (SSSR count). The van der Waals surface area contributed by atoms with E-state index in [9.17, 15) is 4.79 Å². The number of amides is 2. The number of ether oxygens (including phenoxy) is 1. The highest BCUT2D eigenvalue weighted by Crippen LogP contribution is 2.31. The minimum atomic E-state index is 0.189. The highest BCUT2D eigenvalue weighted by atomic mass is 16.5. The molecule has 6 nitrogen and oxygen atoms in total. The molecule has 1 saturated carbocycles. The van der Waals surface area contributed by atoms with Crippen LogP contribution in [-0.2, 0) is 11.3 Å². The topological polar surface area (TPSA) is 50.6 Å². The summed E-state index contributed by atoms with van der Waals surface area (Å²) < 4.78 is 7.71. The van der Waals surface area contributed by atoms with Crippen LogP contribution < -0.4 is 0 Å². The summed E-state index contributed by atoms with van der Waals surface area (Å²) in [5.74, 6) is 2.58. The third-order valence-corrected chi connectivity index (χ3v) is 5.84. The van der Waals surface area contributed by atoms with Crippen LogP contribution in [0.1, 0.15) is 43.8 Å². The van der Waals surface area contributed by atoms with Crippen molar-refractivity contribution in [1.82, 2.24) is 19.4 Å². The van der Waals surface area contributed by atoms with Gasteiger partial charge in [0.2, 0.25) is 0 Å². The maximum absolute atomic E-state index is 12.6. The predicted molar refractivity (Wildman–Crippen MR) is 90.9 cm³/mol. The van der Waals surface area contributed by atoms with E-state index in [-0.39, 0.29) is 6.03 Å². The van der Waals surface area contributed by atoms with Gasteiger partial charge in [0.05, 0.1) is 13.2 Å². The van der Waals surface area contributed by atoms with E-state index in [0.717, 1.165) is 51.5 Å². The van der Waals surface area contributed by atoms with Gasteiger partial charge in [0.15, 0.2) is 0 Å². The van der Waals surface area contributed by atoms with Crippen molar-refractivity contribution in [2.45, 2.75) is 44.6 Å². The minimum Gasteiger partial charge on any atom is -0.378 e. The van der Waals surface area contributed by atoms with Gasteiger partial charge in [-0.2, -0.15) is 0 Å². The summed E-state index contributed by atoms with van der Waals surface area (Å²) in [4.78, 5) is 21.2. The molecule has 0 unspecified atom stereocenters. The zero-order chi connectivity index (χ0) is 16.4. The number of piperidine rings is 1. The Bertz CT molecular complexity index is 555. The molecule has 3 fully saturated rings. The Morgan fingerprint density at radius 2 is 1.79 bits per heavy atom. The number of rotatable bonds is 3. The molecular weight excluding hydrogens is 304 g/mol. The van der Waals surface area contributed by atoms with Crippen molar-refractivity contribution in [3.05, 3.63) is 18.2 Å². The molecule has 6 heteroatoms. The van der Waals surface area contributed by atoms with Crippen molar-refractivity contribution in [3.63, 3.8) is 0 Å². The summed E-state index contributed by atoms with van der Waals surface area (Å²) in [5.41, 5.74) is 0. The number of nitrogens with zero attached hydrogens (tertiary/aromatic N) is 4. The Balaban J connectivity index is 1.32. The lowest BCUT2D eigenvalue weighted by atomic mass is 9.85. The number of likely N-dealkylation sites (tertiary alicyclic amines) is 1. The fourth-order valence-corrected chi connectivity index (χ4v) is 4.07. The van der Waals surface area contributed by atoms with Crippen LogP contribution in [0, 0.1) is 5.92 Å². The number of hydrogen-bond donors (Lipinski definition) is 0. The van der Waals surface area contributed by atoms with Gasteiger partial charge in [0.1, 0.15) is 5.82 Å². The number of aromatic nitrogens is 2. The predicted octanol–water partition coefficient (Wildman–Crippen LogP) is 2.31. The fourth-order valence-electron chi connectivity index (χ4n) is 4.07. The van der Waals surface area contributed by atoms with E-state index in [0.29, 0.717) is 19.1 Å². The van der Waals surface area contributed by atoms with Crippen LogP contribution in [0.3, 0.4) is 0 Å². The molecule has 1 aromatic heterocycles. The van der Waals surface area contributed by atoms with Crippen molar-refractivity contribution < 1.29 is 9.53 Å². The summed E-state index contributed by atoms with van der Waals surface area (Å²) in [5, 5.41) is 0. The molecule has 0 N–H and O–H groups in total. The molecule has 2 amide bonds. The van der Waals surface area contributed by atoms with Gasteiger partial charge in [-0.3, -0.25) is 0 Å². The van der Waals surface area contributed by atoms with Gasteiger partial charge in [0.25, 0.3) is 0 Å². The van der Waals surface area contributed by atoms with Crippen LogP contribution >= 0.6 is 0 Å². The third-order valence-electron chi connectivity index (χ3n) is 5.84. The maximum Gasteiger partial charge on any atom is 0.320 e. The standard InChI is InChI=1S/C18H28N4O2/c23-18(21-10-12-24-13-11-21)20-7-4-16(5-8-20)17-19-6-9-22(17)14-15-2-1-3-15/h6,9,15-16H,1-5,7-8,10-14H2. The number of carbonyl (C=O) groups is 1. The van der Waals surface area contributed by atoms with Gasteiger partial charge in [-0.1, -0.05) is 6.42 Å². The second-order valence-electron chi connectivity index (χ2n) is 7.38. The smallest absolute Gasteiger partial charge is 0.320 e. The highest BCUT2D eigenvalue weighted by Gasteiger charge is 2.30. The fraction of sp³-hybridized carbons (Fsp3) is 0.778. The van der Waals surface area contributed by atoms with Crippen molar-refractivity contribution in [2.75, 3.05) is 39.4 Å². The van der Waals surface area contributed by atoms with Crippen molar-refractivity contribution in [1.29, 1.82) is 0 Å². The summed E-state index contributed by atoms with van der Waals surface area (Å²) in [6.45, 7) is 5.60. The quantitative estimate of drug-likeness (QED) is 0.853. The number of imidazole rings is 1. The van der Waals surface area contributed by atoms with E-state index < -0.39 is 0 Å². The molecule has 1 aromatic rings. The van der Waals surface area contributed by atoms with E-state index in [2.05, 4.69) is 15.7 Å². The van der Waals surface area contributed by atoms with Crippen LogP contribution in [0.15, 0.2) is 12.4 Å². The Morgan fingerprint density at radius 3 is 2.46 bits per heavy atom. The van der Waals surface area contributed by atoms with E-state index in [1.54, 1.807) is 0 Å². The average Bonchev–Trinajstić information content (AvgIpc) is 3.07. The van der Waals surface area contributed by atoms with Gasteiger partial charge in [-0.15, -0.1) is 0 Å². The first-order valence-electron chi connectivity index (χ1n) is 9.44. The van der Waals surface area contributed by atoms with Crippen LogP contribution in [0.25, 0.3) is 0 Å². The van der Waals surface area contributed by atoms with E-state index in [1.165, 1.54) is 25.1 Å². The summed E-state index contributed by atoms with van der Waals surface area (Å²) in [6, 6.07) is 0.189. The molecule has 0 radical (unpaired) electrons. The molecule has 1 aliphatic carbocycles. The maximum atomic E-state index is 12.6.